The molecular weight excluding hydrogens is 202 g/mol. The van der Waals surface area contributed by atoms with Crippen molar-refractivity contribution in [2.45, 2.75) is 33.1 Å². The van der Waals surface area contributed by atoms with E-state index in [1.807, 2.05) is 20.0 Å². The maximum absolute atomic E-state index is 8.96. The van der Waals surface area contributed by atoms with Gasteiger partial charge in [-0.25, -0.2) is 9.97 Å². The quantitative estimate of drug-likeness (QED) is 0.794. The minimum Gasteiger partial charge on any atom is -0.396 e. The maximum Gasteiger partial charge on any atom is 0.222 e. The van der Waals surface area contributed by atoms with Crippen molar-refractivity contribution in [1.82, 2.24) is 9.97 Å². The smallest absolute Gasteiger partial charge is 0.222 e. The van der Waals surface area contributed by atoms with Gasteiger partial charge in [-0.3, -0.25) is 0 Å². The van der Waals surface area contributed by atoms with E-state index >= 15 is 0 Å². The molecule has 1 aromatic heterocycles. The van der Waals surface area contributed by atoms with Gasteiger partial charge >= 0.3 is 0 Å². The molecule has 0 aromatic carbocycles. The van der Waals surface area contributed by atoms with Gasteiger partial charge in [0, 0.05) is 25.0 Å². The minimum atomic E-state index is 0.273. The summed E-state index contributed by atoms with van der Waals surface area (Å²) in [4.78, 5) is 8.62. The van der Waals surface area contributed by atoms with Gasteiger partial charge in [-0.15, -0.1) is 0 Å². The van der Waals surface area contributed by atoms with Crippen LogP contribution in [0, 0.1) is 19.3 Å². The van der Waals surface area contributed by atoms with Crippen LogP contribution in [0.3, 0.4) is 0 Å². The van der Waals surface area contributed by atoms with Crippen molar-refractivity contribution < 1.29 is 5.11 Å². The van der Waals surface area contributed by atoms with E-state index in [2.05, 4.69) is 15.3 Å². The Morgan fingerprint density at radius 3 is 2.75 bits per heavy atom. The molecule has 1 aromatic rings. The molecule has 1 fully saturated rings. The van der Waals surface area contributed by atoms with Crippen LogP contribution < -0.4 is 5.32 Å². The number of rotatable bonds is 5. The standard InChI is InChI=1S/C12H19N3O/c1-9-7-13-11(15-10(9)2)14-8-12(3-4-12)5-6-16/h7,16H,3-6,8H2,1-2H3,(H,13,14,15). The zero-order chi connectivity index (χ0) is 11.6. The Balaban J connectivity index is 1.92. The summed E-state index contributed by atoms with van der Waals surface area (Å²) in [6, 6.07) is 0. The minimum absolute atomic E-state index is 0.273. The Bertz CT molecular complexity index is 375. The van der Waals surface area contributed by atoms with E-state index in [9.17, 15) is 0 Å². The fourth-order valence-corrected chi connectivity index (χ4v) is 1.81. The molecule has 16 heavy (non-hydrogen) atoms. The summed E-state index contributed by atoms with van der Waals surface area (Å²) in [5.41, 5.74) is 2.43. The molecule has 0 aliphatic heterocycles. The highest BCUT2D eigenvalue weighted by Gasteiger charge is 2.41. The molecular formula is C12H19N3O. The first-order valence-electron chi connectivity index (χ1n) is 5.80. The molecule has 0 radical (unpaired) electrons. The van der Waals surface area contributed by atoms with Crippen molar-refractivity contribution in [3.8, 4) is 0 Å². The van der Waals surface area contributed by atoms with E-state index < -0.39 is 0 Å². The molecule has 0 saturated heterocycles. The summed E-state index contributed by atoms with van der Waals surface area (Å²) < 4.78 is 0. The monoisotopic (exact) mass is 221 g/mol. The SMILES string of the molecule is Cc1cnc(NCC2(CCO)CC2)nc1C. The molecule has 2 rings (SSSR count). The highest BCUT2D eigenvalue weighted by atomic mass is 16.3. The van der Waals surface area contributed by atoms with E-state index in [-0.39, 0.29) is 6.61 Å². The van der Waals surface area contributed by atoms with E-state index in [1.165, 1.54) is 12.8 Å². The van der Waals surface area contributed by atoms with Gasteiger partial charge in [-0.1, -0.05) is 0 Å². The molecule has 2 N–H and O–H groups in total. The second kappa shape index (κ2) is 4.37. The summed E-state index contributed by atoms with van der Waals surface area (Å²) in [5, 5.41) is 12.2. The molecule has 0 atom stereocenters. The predicted octanol–water partition coefficient (Wildman–Crippen LogP) is 1.67. The van der Waals surface area contributed by atoms with E-state index in [0.717, 1.165) is 24.2 Å². The Hall–Kier alpha value is -1.16. The molecule has 1 aliphatic rings. The summed E-state index contributed by atoms with van der Waals surface area (Å²) in [7, 11) is 0. The van der Waals surface area contributed by atoms with Crippen LogP contribution in [-0.4, -0.2) is 28.2 Å². The Kier molecular flexibility index (Phi) is 3.10. The fraction of sp³-hybridized carbons (Fsp3) is 0.667. The molecule has 0 bridgehead atoms. The predicted molar refractivity (Wildman–Crippen MR) is 63.4 cm³/mol. The number of aryl methyl sites for hydroxylation is 2. The molecule has 1 aliphatic carbocycles. The van der Waals surface area contributed by atoms with Crippen LogP contribution in [0.1, 0.15) is 30.5 Å². The lowest BCUT2D eigenvalue weighted by molar-refractivity contribution is 0.253. The molecule has 4 nitrogen and oxygen atoms in total. The number of aliphatic hydroxyl groups excluding tert-OH is 1. The average molecular weight is 221 g/mol. The first-order chi connectivity index (χ1) is 7.65. The van der Waals surface area contributed by atoms with Crippen LogP contribution >= 0.6 is 0 Å². The number of nitrogens with zero attached hydrogens (tertiary/aromatic N) is 2. The lowest BCUT2D eigenvalue weighted by atomic mass is 10.0. The number of hydrogen-bond donors (Lipinski definition) is 2. The second-order valence-corrected chi connectivity index (χ2v) is 4.79. The Morgan fingerprint density at radius 1 is 1.44 bits per heavy atom. The molecule has 4 heteroatoms. The van der Waals surface area contributed by atoms with E-state index in [4.69, 9.17) is 5.11 Å². The maximum atomic E-state index is 8.96. The highest BCUT2D eigenvalue weighted by Crippen LogP contribution is 2.48. The van der Waals surface area contributed by atoms with Gasteiger partial charge in [0.25, 0.3) is 0 Å². The van der Waals surface area contributed by atoms with Crippen molar-refractivity contribution in [1.29, 1.82) is 0 Å². The van der Waals surface area contributed by atoms with Gasteiger partial charge in [-0.05, 0) is 44.1 Å². The zero-order valence-electron chi connectivity index (χ0n) is 9.95. The third-order valence-corrected chi connectivity index (χ3v) is 3.45. The third kappa shape index (κ3) is 2.50. The van der Waals surface area contributed by atoms with Crippen molar-refractivity contribution in [3.05, 3.63) is 17.5 Å². The molecule has 0 unspecified atom stereocenters. The van der Waals surface area contributed by atoms with Gasteiger partial charge in [-0.2, -0.15) is 0 Å². The molecule has 1 saturated carbocycles. The van der Waals surface area contributed by atoms with Crippen LogP contribution in [0.5, 0.6) is 0 Å². The van der Waals surface area contributed by atoms with Crippen LogP contribution in [0.4, 0.5) is 5.95 Å². The number of aliphatic hydroxyl groups is 1. The van der Waals surface area contributed by atoms with Crippen LogP contribution in [0.15, 0.2) is 6.20 Å². The zero-order valence-corrected chi connectivity index (χ0v) is 9.95. The Labute approximate surface area is 96.1 Å². The van der Waals surface area contributed by atoms with Gasteiger partial charge in [0.15, 0.2) is 0 Å². The van der Waals surface area contributed by atoms with Crippen LogP contribution in [0.2, 0.25) is 0 Å². The van der Waals surface area contributed by atoms with Crippen LogP contribution in [0.25, 0.3) is 0 Å². The normalized spacial score (nSPS) is 17.2. The second-order valence-electron chi connectivity index (χ2n) is 4.79. The average Bonchev–Trinajstić information content (AvgIpc) is 3.01. The summed E-state index contributed by atoms with van der Waals surface area (Å²) in [6.07, 6.45) is 5.12. The molecule has 0 spiro atoms. The number of anilines is 1. The van der Waals surface area contributed by atoms with E-state index in [0.29, 0.717) is 11.4 Å². The summed E-state index contributed by atoms with van der Waals surface area (Å²) in [5.74, 6) is 0.701. The highest BCUT2D eigenvalue weighted by molar-refractivity contribution is 5.29. The van der Waals surface area contributed by atoms with Crippen LogP contribution in [-0.2, 0) is 0 Å². The first-order valence-corrected chi connectivity index (χ1v) is 5.80. The number of aromatic nitrogens is 2. The molecule has 88 valence electrons. The number of nitrogens with one attached hydrogen (secondary N) is 1. The first kappa shape index (κ1) is 11.3. The lowest BCUT2D eigenvalue weighted by Crippen LogP contribution is -2.18. The van der Waals surface area contributed by atoms with Crippen molar-refractivity contribution in [2.24, 2.45) is 5.41 Å². The summed E-state index contributed by atoms with van der Waals surface area (Å²) in [6.45, 7) is 5.14. The van der Waals surface area contributed by atoms with Gasteiger partial charge < -0.3 is 10.4 Å². The summed E-state index contributed by atoms with van der Waals surface area (Å²) >= 11 is 0. The van der Waals surface area contributed by atoms with Crippen molar-refractivity contribution in [3.63, 3.8) is 0 Å². The lowest BCUT2D eigenvalue weighted by Gasteiger charge is -2.14. The largest absolute Gasteiger partial charge is 0.396 e. The van der Waals surface area contributed by atoms with Gasteiger partial charge in [0.2, 0.25) is 5.95 Å². The topological polar surface area (TPSA) is 58.0 Å². The van der Waals surface area contributed by atoms with E-state index in [1.54, 1.807) is 0 Å². The number of hydrogen-bond acceptors (Lipinski definition) is 4. The molecule has 1 heterocycles. The third-order valence-electron chi connectivity index (χ3n) is 3.45. The van der Waals surface area contributed by atoms with Crippen molar-refractivity contribution >= 4 is 5.95 Å². The van der Waals surface area contributed by atoms with Crippen molar-refractivity contribution in [2.75, 3.05) is 18.5 Å². The fourth-order valence-electron chi connectivity index (χ4n) is 1.81. The van der Waals surface area contributed by atoms with Gasteiger partial charge in [0.05, 0.1) is 0 Å². The van der Waals surface area contributed by atoms with Gasteiger partial charge in [0.1, 0.15) is 0 Å². The molecule has 0 amide bonds. The Morgan fingerprint density at radius 2 is 2.19 bits per heavy atom.